The second-order valence-corrected chi connectivity index (χ2v) is 8.83. The number of hydrogen-bond acceptors (Lipinski definition) is 10. The molecule has 0 fully saturated rings. The van der Waals surface area contributed by atoms with Crippen LogP contribution in [0.15, 0.2) is 92.9 Å². The van der Waals surface area contributed by atoms with E-state index in [9.17, 15) is 9.59 Å². The molecule has 1 amide bonds. The van der Waals surface area contributed by atoms with E-state index in [1.807, 2.05) is 30.3 Å². The Balaban J connectivity index is 1.12. The van der Waals surface area contributed by atoms with Crippen LogP contribution in [-0.4, -0.2) is 53.7 Å². The average Bonchev–Trinajstić information content (AvgIpc) is 3.72. The molecule has 40 heavy (non-hydrogen) atoms. The Morgan fingerprint density at radius 2 is 1.95 bits per heavy atom. The van der Waals surface area contributed by atoms with Crippen molar-refractivity contribution in [2.45, 2.75) is 6.04 Å². The van der Waals surface area contributed by atoms with Crippen molar-refractivity contribution in [2.75, 3.05) is 13.1 Å². The molecule has 13 nitrogen and oxygen atoms in total. The Labute approximate surface area is 226 Å². The molecule has 4 heterocycles. The van der Waals surface area contributed by atoms with Crippen molar-refractivity contribution in [3.05, 3.63) is 107 Å². The van der Waals surface area contributed by atoms with Crippen molar-refractivity contribution in [3.63, 3.8) is 0 Å². The topological polar surface area (TPSA) is 159 Å². The summed E-state index contributed by atoms with van der Waals surface area (Å²) in [6.45, 7) is 0.795. The molecule has 13 heteroatoms. The fourth-order valence-corrected chi connectivity index (χ4v) is 4.24. The maximum Gasteiger partial charge on any atom is 0.423 e. The Bertz CT molecular complexity index is 1840. The smallest absolute Gasteiger partial charge is 0.423 e. The first-order chi connectivity index (χ1) is 19.5. The number of carbonyl (C=O) groups excluding carboxylic acids is 1. The summed E-state index contributed by atoms with van der Waals surface area (Å²) in [5.74, 6) is 0.0305. The van der Waals surface area contributed by atoms with Gasteiger partial charge in [0.05, 0.1) is 25.0 Å². The molecule has 6 aromatic rings. The van der Waals surface area contributed by atoms with Gasteiger partial charge in [0.1, 0.15) is 17.5 Å². The minimum absolute atomic E-state index is 0.223. The van der Waals surface area contributed by atoms with Crippen LogP contribution >= 0.6 is 0 Å². The standard InChI is InChI=1S/C27H23N9O4/c1-35-33-24(32-34-35)23(17-5-3-2-4-6-17)29-11-12-30-25(37)21-15-18(9-10-28-21)26-31-20-16-19(7-8-22(20)40-26)36-13-14-39-27(36)38/h2-10,13-16,23,29H,11-12H2,1H3,(H,30,37). The van der Waals surface area contributed by atoms with Gasteiger partial charge in [-0.15, -0.1) is 10.2 Å². The van der Waals surface area contributed by atoms with E-state index in [-0.39, 0.29) is 17.6 Å². The van der Waals surface area contributed by atoms with Crippen LogP contribution in [0.5, 0.6) is 0 Å². The molecule has 1 unspecified atom stereocenters. The van der Waals surface area contributed by atoms with Crippen LogP contribution in [0.1, 0.15) is 27.9 Å². The SMILES string of the molecule is Cn1nnc(C(NCCNC(=O)c2cc(-c3nc4cc(-n5ccoc5=O)ccc4o3)ccn2)c2ccccc2)n1. The molecule has 0 bridgehead atoms. The summed E-state index contributed by atoms with van der Waals surface area (Å²) in [5, 5.41) is 18.7. The average molecular weight is 538 g/mol. The fourth-order valence-electron chi connectivity index (χ4n) is 4.24. The summed E-state index contributed by atoms with van der Waals surface area (Å²) >= 11 is 0. The normalized spacial score (nSPS) is 12.0. The Morgan fingerprint density at radius 3 is 2.73 bits per heavy atom. The lowest BCUT2D eigenvalue weighted by Gasteiger charge is -2.16. The first-order valence-electron chi connectivity index (χ1n) is 12.4. The van der Waals surface area contributed by atoms with Crippen molar-refractivity contribution in [1.29, 1.82) is 0 Å². The second-order valence-electron chi connectivity index (χ2n) is 8.83. The molecule has 2 N–H and O–H groups in total. The molecular formula is C27H23N9O4. The molecule has 0 radical (unpaired) electrons. The van der Waals surface area contributed by atoms with Crippen LogP contribution in [0.4, 0.5) is 0 Å². The molecule has 200 valence electrons. The van der Waals surface area contributed by atoms with Crippen LogP contribution < -0.4 is 16.4 Å². The van der Waals surface area contributed by atoms with Gasteiger partial charge in [-0.05, 0) is 41.1 Å². The molecular weight excluding hydrogens is 514 g/mol. The highest BCUT2D eigenvalue weighted by atomic mass is 16.4. The summed E-state index contributed by atoms with van der Waals surface area (Å²) in [4.78, 5) is 34.9. The van der Waals surface area contributed by atoms with Gasteiger partial charge in [-0.1, -0.05) is 30.3 Å². The van der Waals surface area contributed by atoms with Gasteiger partial charge < -0.3 is 19.5 Å². The van der Waals surface area contributed by atoms with Gasteiger partial charge in [-0.25, -0.2) is 14.3 Å². The van der Waals surface area contributed by atoms with Gasteiger partial charge in [0.25, 0.3) is 5.91 Å². The van der Waals surface area contributed by atoms with E-state index in [0.717, 1.165) is 5.56 Å². The van der Waals surface area contributed by atoms with Crippen molar-refractivity contribution in [2.24, 2.45) is 7.05 Å². The number of aryl methyl sites for hydroxylation is 1. The lowest BCUT2D eigenvalue weighted by atomic mass is 10.1. The number of fused-ring (bicyclic) bond motifs is 1. The number of nitrogens with one attached hydrogen (secondary N) is 2. The van der Waals surface area contributed by atoms with E-state index in [1.165, 1.54) is 28.0 Å². The van der Waals surface area contributed by atoms with Crippen LogP contribution in [0.25, 0.3) is 28.2 Å². The highest BCUT2D eigenvalue weighted by Crippen LogP contribution is 2.26. The zero-order valence-corrected chi connectivity index (χ0v) is 21.3. The van der Waals surface area contributed by atoms with E-state index in [1.54, 1.807) is 37.4 Å². The fraction of sp³-hybridized carbons (Fsp3) is 0.148. The van der Waals surface area contributed by atoms with Crippen LogP contribution in [-0.2, 0) is 7.05 Å². The van der Waals surface area contributed by atoms with Crippen molar-refractivity contribution >= 4 is 17.0 Å². The van der Waals surface area contributed by atoms with Crippen LogP contribution in [0, 0.1) is 0 Å². The second kappa shape index (κ2) is 10.7. The number of aromatic nitrogens is 7. The monoisotopic (exact) mass is 537 g/mol. The number of pyridine rings is 1. The predicted molar refractivity (Wildman–Crippen MR) is 143 cm³/mol. The highest BCUT2D eigenvalue weighted by Gasteiger charge is 2.19. The van der Waals surface area contributed by atoms with Gasteiger partial charge in [0, 0.05) is 24.8 Å². The Morgan fingerprint density at radius 1 is 1.07 bits per heavy atom. The van der Waals surface area contributed by atoms with Crippen LogP contribution in [0.2, 0.25) is 0 Å². The maximum absolute atomic E-state index is 12.9. The van der Waals surface area contributed by atoms with E-state index in [4.69, 9.17) is 8.83 Å². The molecule has 6 rings (SSSR count). The lowest BCUT2D eigenvalue weighted by molar-refractivity contribution is 0.0949. The molecule has 0 aliphatic rings. The minimum Gasteiger partial charge on any atom is -0.436 e. The molecule has 0 saturated carbocycles. The molecule has 2 aromatic carbocycles. The van der Waals surface area contributed by atoms with E-state index in [2.05, 4.69) is 36.0 Å². The van der Waals surface area contributed by atoms with E-state index < -0.39 is 5.76 Å². The number of rotatable bonds is 9. The number of carbonyl (C=O) groups is 1. The summed E-state index contributed by atoms with van der Waals surface area (Å²) in [6.07, 6.45) is 4.37. The highest BCUT2D eigenvalue weighted by molar-refractivity contribution is 5.93. The minimum atomic E-state index is -0.496. The van der Waals surface area contributed by atoms with Gasteiger partial charge >= 0.3 is 5.76 Å². The molecule has 4 aromatic heterocycles. The van der Waals surface area contributed by atoms with Gasteiger partial charge in [-0.3, -0.25) is 9.78 Å². The predicted octanol–water partition coefficient (Wildman–Crippen LogP) is 2.27. The molecule has 1 atom stereocenters. The lowest BCUT2D eigenvalue weighted by Crippen LogP contribution is -2.34. The largest absolute Gasteiger partial charge is 0.436 e. The molecule has 0 saturated heterocycles. The summed E-state index contributed by atoms with van der Waals surface area (Å²) in [7, 11) is 1.71. The first-order valence-corrected chi connectivity index (χ1v) is 12.4. The van der Waals surface area contributed by atoms with Crippen molar-refractivity contribution in [3.8, 4) is 17.1 Å². The summed E-state index contributed by atoms with van der Waals surface area (Å²) < 4.78 is 12.1. The number of hydrogen-bond donors (Lipinski definition) is 2. The Kier molecular flexibility index (Phi) is 6.68. The summed E-state index contributed by atoms with van der Waals surface area (Å²) in [5.41, 5.74) is 3.49. The molecule has 0 spiro atoms. The van der Waals surface area contributed by atoms with Gasteiger partial charge in [-0.2, -0.15) is 4.80 Å². The third-order valence-electron chi connectivity index (χ3n) is 6.14. The third-order valence-corrected chi connectivity index (χ3v) is 6.14. The first kappa shape index (κ1) is 24.9. The quantitative estimate of drug-likeness (QED) is 0.262. The molecule has 0 aliphatic heterocycles. The van der Waals surface area contributed by atoms with E-state index in [0.29, 0.717) is 47.2 Å². The number of nitrogens with zero attached hydrogens (tertiary/aromatic N) is 7. The summed E-state index contributed by atoms with van der Waals surface area (Å²) in [6, 6.07) is 18.0. The number of oxazole rings is 2. The molecule has 0 aliphatic carbocycles. The van der Waals surface area contributed by atoms with E-state index >= 15 is 0 Å². The third kappa shape index (κ3) is 5.13. The van der Waals surface area contributed by atoms with Gasteiger partial charge in [0.15, 0.2) is 11.4 Å². The zero-order valence-electron chi connectivity index (χ0n) is 21.3. The van der Waals surface area contributed by atoms with Gasteiger partial charge in [0.2, 0.25) is 5.89 Å². The van der Waals surface area contributed by atoms with Crippen molar-refractivity contribution in [1.82, 2.24) is 45.4 Å². The number of tetrazole rings is 1. The van der Waals surface area contributed by atoms with Crippen LogP contribution in [0.3, 0.4) is 0 Å². The maximum atomic E-state index is 12.9. The number of benzene rings is 2. The zero-order chi connectivity index (χ0) is 27.5. The van der Waals surface area contributed by atoms with Crippen molar-refractivity contribution < 1.29 is 13.6 Å². The number of amides is 1. The Hall–Kier alpha value is -5.43.